The van der Waals surface area contributed by atoms with Crippen LogP contribution in [0.2, 0.25) is 0 Å². The highest BCUT2D eigenvalue weighted by molar-refractivity contribution is 8.00. The van der Waals surface area contributed by atoms with Gasteiger partial charge in [-0.2, -0.15) is 5.26 Å². The van der Waals surface area contributed by atoms with Crippen LogP contribution in [0, 0.1) is 11.3 Å². The topological polar surface area (TPSA) is 87.8 Å². The van der Waals surface area contributed by atoms with E-state index in [1.54, 1.807) is 17.6 Å². The molecule has 1 saturated carbocycles. The van der Waals surface area contributed by atoms with Crippen LogP contribution in [0.4, 0.5) is 0 Å². The molecule has 1 N–H and O–H groups in total. The van der Waals surface area contributed by atoms with Crippen molar-refractivity contribution in [2.75, 3.05) is 0 Å². The van der Waals surface area contributed by atoms with Crippen LogP contribution in [0.5, 0.6) is 0 Å². The Labute approximate surface area is 175 Å². The van der Waals surface area contributed by atoms with Gasteiger partial charge in [0.25, 0.3) is 5.56 Å². The lowest BCUT2D eigenvalue weighted by molar-refractivity contribution is -0.121. The predicted octanol–water partition coefficient (Wildman–Crippen LogP) is 4.19. The number of thioether (sulfide) groups is 1. The lowest BCUT2D eigenvalue weighted by Gasteiger charge is -2.32. The minimum atomic E-state index is -0.767. The zero-order valence-electron chi connectivity index (χ0n) is 17.3. The third kappa shape index (κ3) is 4.48. The normalized spacial score (nSPS) is 18.0. The van der Waals surface area contributed by atoms with E-state index >= 15 is 0 Å². The number of nitrogens with zero attached hydrogens (tertiary/aromatic N) is 3. The first-order valence-electron chi connectivity index (χ1n) is 10.3. The van der Waals surface area contributed by atoms with Gasteiger partial charge in [0.1, 0.15) is 5.54 Å². The van der Waals surface area contributed by atoms with Crippen molar-refractivity contribution in [3.05, 3.63) is 34.6 Å². The number of carbonyl (C=O) groups excluding carboxylic acids is 1. The van der Waals surface area contributed by atoms with Crippen LogP contribution in [-0.2, 0) is 4.79 Å². The van der Waals surface area contributed by atoms with Crippen LogP contribution in [0.3, 0.4) is 0 Å². The molecule has 1 fully saturated rings. The molecule has 7 heteroatoms. The molecule has 2 aromatic rings. The number of nitrogens with one attached hydrogen (secondary N) is 1. The zero-order chi connectivity index (χ0) is 21.0. The molecule has 0 aliphatic heterocycles. The third-order valence-electron chi connectivity index (χ3n) is 5.74. The first-order chi connectivity index (χ1) is 13.9. The molecule has 1 aliphatic carbocycles. The van der Waals surface area contributed by atoms with Crippen LogP contribution in [-0.4, -0.2) is 26.2 Å². The molecule has 2 atom stereocenters. The van der Waals surface area contributed by atoms with Crippen molar-refractivity contribution in [2.24, 2.45) is 0 Å². The third-order valence-corrected chi connectivity index (χ3v) is 6.81. The van der Waals surface area contributed by atoms with Gasteiger partial charge in [0.15, 0.2) is 5.16 Å². The number of hydrogen-bond acceptors (Lipinski definition) is 5. The monoisotopic (exact) mass is 412 g/mol. The van der Waals surface area contributed by atoms with E-state index in [-0.39, 0.29) is 17.5 Å². The Morgan fingerprint density at radius 2 is 2.00 bits per heavy atom. The van der Waals surface area contributed by atoms with E-state index < -0.39 is 10.8 Å². The lowest BCUT2D eigenvalue weighted by Crippen LogP contribution is -2.51. The van der Waals surface area contributed by atoms with Gasteiger partial charge in [0, 0.05) is 6.04 Å². The maximum atomic E-state index is 13.1. The number of aromatic nitrogens is 2. The summed E-state index contributed by atoms with van der Waals surface area (Å²) in [5.74, 6) is -0.184. The van der Waals surface area contributed by atoms with E-state index in [2.05, 4.69) is 11.4 Å². The number of rotatable bonds is 6. The van der Waals surface area contributed by atoms with E-state index in [4.69, 9.17) is 4.98 Å². The van der Waals surface area contributed by atoms with E-state index in [0.717, 1.165) is 25.7 Å². The van der Waals surface area contributed by atoms with Crippen molar-refractivity contribution < 1.29 is 4.79 Å². The highest BCUT2D eigenvalue weighted by Gasteiger charge is 2.35. The molecule has 0 unspecified atom stereocenters. The average molecular weight is 413 g/mol. The van der Waals surface area contributed by atoms with Gasteiger partial charge in [-0.25, -0.2) is 4.98 Å². The molecular weight excluding hydrogens is 384 g/mol. The summed E-state index contributed by atoms with van der Waals surface area (Å²) >= 11 is 1.28. The summed E-state index contributed by atoms with van der Waals surface area (Å²) in [5, 5.41) is 13.3. The zero-order valence-corrected chi connectivity index (χ0v) is 18.1. The molecule has 1 aliphatic rings. The number of nitriles is 1. The van der Waals surface area contributed by atoms with Crippen LogP contribution in [0.15, 0.2) is 34.2 Å². The van der Waals surface area contributed by atoms with Crippen molar-refractivity contribution in [3.8, 4) is 6.07 Å². The van der Waals surface area contributed by atoms with Crippen molar-refractivity contribution >= 4 is 28.6 Å². The fraction of sp³-hybridized carbons (Fsp3) is 0.545. The molecule has 0 radical (unpaired) electrons. The van der Waals surface area contributed by atoms with E-state index in [1.807, 2.05) is 32.0 Å². The first-order valence-corrected chi connectivity index (χ1v) is 11.2. The molecule has 3 rings (SSSR count). The second-order valence-corrected chi connectivity index (χ2v) is 9.16. The molecule has 1 amide bonds. The minimum Gasteiger partial charge on any atom is -0.337 e. The molecular formula is C22H28N4O2S. The molecule has 1 aromatic heterocycles. The minimum absolute atomic E-state index is 0.0267. The van der Waals surface area contributed by atoms with Gasteiger partial charge in [0.2, 0.25) is 5.91 Å². The van der Waals surface area contributed by atoms with Gasteiger partial charge < -0.3 is 5.32 Å². The molecule has 154 valence electrons. The molecule has 1 aromatic carbocycles. The Hall–Kier alpha value is -2.33. The predicted molar refractivity (Wildman–Crippen MR) is 116 cm³/mol. The van der Waals surface area contributed by atoms with Gasteiger partial charge in [-0.15, -0.1) is 0 Å². The summed E-state index contributed by atoms with van der Waals surface area (Å²) in [5.41, 5.74) is -0.217. The second kappa shape index (κ2) is 9.00. The van der Waals surface area contributed by atoms with Crippen molar-refractivity contribution in [1.29, 1.82) is 5.26 Å². The Bertz CT molecular complexity index is 988. The van der Waals surface area contributed by atoms with Gasteiger partial charge in [-0.3, -0.25) is 14.2 Å². The molecule has 0 saturated heterocycles. The summed E-state index contributed by atoms with van der Waals surface area (Å²) in [6.45, 7) is 5.81. The molecule has 29 heavy (non-hydrogen) atoms. The Kier molecular flexibility index (Phi) is 6.63. The number of amides is 1. The van der Waals surface area contributed by atoms with Gasteiger partial charge in [0.05, 0.1) is 22.2 Å². The molecule has 6 nitrogen and oxygen atoms in total. The van der Waals surface area contributed by atoms with Crippen molar-refractivity contribution in [3.63, 3.8) is 0 Å². The van der Waals surface area contributed by atoms with Crippen molar-refractivity contribution in [2.45, 2.75) is 81.3 Å². The summed E-state index contributed by atoms with van der Waals surface area (Å²) in [4.78, 5) is 30.7. The van der Waals surface area contributed by atoms with Crippen LogP contribution in [0.25, 0.3) is 10.9 Å². The molecule has 0 spiro atoms. The van der Waals surface area contributed by atoms with E-state index in [9.17, 15) is 14.9 Å². The molecule has 1 heterocycles. The van der Waals surface area contributed by atoms with Crippen LogP contribution < -0.4 is 10.9 Å². The quantitative estimate of drug-likeness (QED) is 0.568. The number of carbonyl (C=O) groups is 1. The largest absolute Gasteiger partial charge is 0.337 e. The van der Waals surface area contributed by atoms with Gasteiger partial charge in [-0.05, 0) is 45.2 Å². The Morgan fingerprint density at radius 3 is 2.66 bits per heavy atom. The smallest absolute Gasteiger partial charge is 0.262 e. The maximum Gasteiger partial charge on any atom is 0.262 e. The summed E-state index contributed by atoms with van der Waals surface area (Å²) in [6, 6.07) is 9.59. The Morgan fingerprint density at radius 1 is 1.31 bits per heavy atom. The summed E-state index contributed by atoms with van der Waals surface area (Å²) in [6.07, 6.45) is 5.18. The summed E-state index contributed by atoms with van der Waals surface area (Å²) in [7, 11) is 0. The van der Waals surface area contributed by atoms with Gasteiger partial charge in [-0.1, -0.05) is 50.1 Å². The molecule has 0 bridgehead atoms. The number of fused-ring (bicyclic) bond motifs is 1. The van der Waals surface area contributed by atoms with Crippen LogP contribution >= 0.6 is 11.8 Å². The number of para-hydroxylation sites is 1. The first kappa shape index (κ1) is 21.4. The highest BCUT2D eigenvalue weighted by atomic mass is 32.2. The SMILES string of the molecule is CC[C@H](C)n1c(S[C@@H](C)C(=O)NC2(C#N)CCCCC2)nc2ccccc2c1=O. The fourth-order valence-electron chi connectivity index (χ4n) is 3.75. The van der Waals surface area contributed by atoms with Gasteiger partial charge >= 0.3 is 0 Å². The number of hydrogen-bond donors (Lipinski definition) is 1. The highest BCUT2D eigenvalue weighted by Crippen LogP contribution is 2.30. The Balaban J connectivity index is 1.89. The second-order valence-electron chi connectivity index (χ2n) is 7.85. The fourth-order valence-corrected chi connectivity index (χ4v) is 4.76. The lowest BCUT2D eigenvalue weighted by atomic mass is 9.83. The summed E-state index contributed by atoms with van der Waals surface area (Å²) < 4.78 is 1.69. The van der Waals surface area contributed by atoms with E-state index in [1.165, 1.54) is 11.8 Å². The van der Waals surface area contributed by atoms with Crippen LogP contribution in [0.1, 0.15) is 65.3 Å². The van der Waals surface area contributed by atoms with E-state index in [0.29, 0.717) is 28.9 Å². The van der Waals surface area contributed by atoms with Crippen molar-refractivity contribution in [1.82, 2.24) is 14.9 Å². The average Bonchev–Trinajstić information content (AvgIpc) is 2.74. The standard InChI is InChI=1S/C22H28N4O2S/c1-4-15(2)26-20(28)17-10-6-7-11-18(17)24-21(26)29-16(3)19(27)25-22(14-23)12-8-5-9-13-22/h6-7,10-11,15-16H,4-5,8-9,12-13H2,1-3H3,(H,25,27)/t15-,16-/m0/s1. The number of benzene rings is 1. The maximum absolute atomic E-state index is 13.1.